The summed E-state index contributed by atoms with van der Waals surface area (Å²) >= 11 is 0. The molecule has 0 fully saturated rings. The average molecular weight is 300 g/mol. The van der Waals surface area contributed by atoms with Crippen LogP contribution in [0.4, 0.5) is 0 Å². The normalized spacial score (nSPS) is 12.1. The molecule has 0 saturated heterocycles. The lowest BCUT2D eigenvalue weighted by atomic mass is 10.0. The second kappa shape index (κ2) is 6.20. The fraction of sp³-hybridized carbons (Fsp3) is 0.368. The third-order valence-corrected chi connectivity index (χ3v) is 8.46. The molecule has 1 nitrogen and oxygen atoms in total. The van der Waals surface area contributed by atoms with Crippen molar-refractivity contribution in [2.75, 3.05) is 0 Å². The minimum atomic E-state index is -2.44. The van der Waals surface area contributed by atoms with Crippen molar-refractivity contribution in [2.24, 2.45) is 0 Å². The minimum Gasteiger partial charge on any atom is -0.318 e. The Balaban J connectivity index is 2.73. The van der Waals surface area contributed by atoms with Gasteiger partial charge in [-0.05, 0) is 23.6 Å². The maximum absolute atomic E-state index is 13.7. The molecule has 2 rings (SSSR count). The van der Waals surface area contributed by atoms with Crippen molar-refractivity contribution in [3.63, 3.8) is 0 Å². The van der Waals surface area contributed by atoms with E-state index in [0.29, 0.717) is 0 Å². The Morgan fingerprint density at radius 3 is 1.76 bits per heavy atom. The van der Waals surface area contributed by atoms with Crippen LogP contribution < -0.4 is 5.30 Å². The van der Waals surface area contributed by atoms with Crippen LogP contribution in [0.15, 0.2) is 48.5 Å². The van der Waals surface area contributed by atoms with Gasteiger partial charge in [0.1, 0.15) is 7.14 Å². The van der Waals surface area contributed by atoms with Crippen LogP contribution in [0.5, 0.6) is 0 Å². The zero-order valence-electron chi connectivity index (χ0n) is 13.6. The monoisotopic (exact) mass is 300 g/mol. The lowest BCUT2D eigenvalue weighted by Gasteiger charge is -2.29. The maximum atomic E-state index is 13.7. The van der Waals surface area contributed by atoms with E-state index >= 15 is 0 Å². The highest BCUT2D eigenvalue weighted by Crippen LogP contribution is 2.55. The van der Waals surface area contributed by atoms with Crippen molar-refractivity contribution in [2.45, 2.75) is 45.9 Å². The van der Waals surface area contributed by atoms with Gasteiger partial charge < -0.3 is 4.57 Å². The van der Waals surface area contributed by atoms with Gasteiger partial charge in [-0.3, -0.25) is 0 Å². The van der Waals surface area contributed by atoms with E-state index in [-0.39, 0.29) is 11.3 Å². The molecule has 2 aromatic rings. The second-order valence-electron chi connectivity index (χ2n) is 6.23. The summed E-state index contributed by atoms with van der Waals surface area (Å²) in [6, 6.07) is 16.5. The lowest BCUT2D eigenvalue weighted by Crippen LogP contribution is -2.21. The Kier molecular flexibility index (Phi) is 4.74. The molecular formula is C19H25OP. The molecular weight excluding hydrogens is 275 g/mol. The van der Waals surface area contributed by atoms with E-state index in [0.717, 1.165) is 10.9 Å². The number of rotatable bonds is 4. The van der Waals surface area contributed by atoms with Gasteiger partial charge in [-0.2, -0.15) is 0 Å². The largest absolute Gasteiger partial charge is 0.318 e. The van der Waals surface area contributed by atoms with Crippen LogP contribution >= 0.6 is 7.14 Å². The molecule has 0 spiro atoms. The molecule has 0 saturated carbocycles. The summed E-state index contributed by atoms with van der Waals surface area (Å²) in [7, 11) is -2.44. The molecule has 0 radical (unpaired) electrons. The molecule has 0 atom stereocenters. The van der Waals surface area contributed by atoms with E-state index in [9.17, 15) is 4.57 Å². The molecule has 0 aliphatic carbocycles. The van der Waals surface area contributed by atoms with Crippen LogP contribution in [-0.2, 0) is 4.57 Å². The highest BCUT2D eigenvalue weighted by atomic mass is 31.2. The first-order valence-corrected chi connectivity index (χ1v) is 9.48. The summed E-state index contributed by atoms with van der Waals surface area (Å²) in [6.45, 7) is 10.4. The van der Waals surface area contributed by atoms with Gasteiger partial charge in [0.15, 0.2) is 0 Å². The maximum Gasteiger partial charge on any atom is 0.121 e. The van der Waals surface area contributed by atoms with Crippen LogP contribution in [0, 0.1) is 6.92 Å². The molecule has 0 aliphatic heterocycles. The summed E-state index contributed by atoms with van der Waals surface area (Å²) in [5.41, 5.74) is 3.85. The molecule has 112 valence electrons. The van der Waals surface area contributed by atoms with Gasteiger partial charge in [0.05, 0.1) is 0 Å². The summed E-state index contributed by atoms with van der Waals surface area (Å²) in [4.78, 5) is 0. The van der Waals surface area contributed by atoms with Gasteiger partial charge in [-0.15, -0.1) is 0 Å². The van der Waals surface area contributed by atoms with E-state index in [2.05, 4.69) is 65.0 Å². The van der Waals surface area contributed by atoms with Crippen LogP contribution in [0.25, 0.3) is 11.1 Å². The predicted molar refractivity (Wildman–Crippen MR) is 94.1 cm³/mol. The molecule has 0 bridgehead atoms. The van der Waals surface area contributed by atoms with Crippen molar-refractivity contribution in [3.8, 4) is 11.1 Å². The predicted octanol–water partition coefficient (Wildman–Crippen LogP) is 5.47. The Morgan fingerprint density at radius 1 is 0.762 bits per heavy atom. The van der Waals surface area contributed by atoms with Gasteiger partial charge >= 0.3 is 0 Å². The third-order valence-electron chi connectivity index (χ3n) is 4.25. The highest BCUT2D eigenvalue weighted by molar-refractivity contribution is 7.73. The van der Waals surface area contributed by atoms with E-state index in [1.54, 1.807) is 0 Å². The van der Waals surface area contributed by atoms with Crippen molar-refractivity contribution in [1.29, 1.82) is 0 Å². The number of hydrogen-bond donors (Lipinski definition) is 0. The molecule has 0 heterocycles. The van der Waals surface area contributed by atoms with Crippen molar-refractivity contribution in [3.05, 3.63) is 54.1 Å². The van der Waals surface area contributed by atoms with E-state index < -0.39 is 7.14 Å². The summed E-state index contributed by atoms with van der Waals surface area (Å²) in [5.74, 6) is 0. The molecule has 0 aromatic heterocycles. The summed E-state index contributed by atoms with van der Waals surface area (Å²) < 4.78 is 13.7. The molecule has 2 heteroatoms. The zero-order chi connectivity index (χ0) is 15.6. The molecule has 21 heavy (non-hydrogen) atoms. The first kappa shape index (κ1) is 16.0. The minimum absolute atomic E-state index is 0.155. The number of benzene rings is 2. The molecule has 0 unspecified atom stereocenters. The topological polar surface area (TPSA) is 17.1 Å². The first-order valence-electron chi connectivity index (χ1n) is 7.64. The second-order valence-corrected chi connectivity index (χ2v) is 10.2. The van der Waals surface area contributed by atoms with Crippen molar-refractivity contribution in [1.82, 2.24) is 0 Å². The summed E-state index contributed by atoms with van der Waals surface area (Å²) in [6.07, 6.45) is 0. The quantitative estimate of drug-likeness (QED) is 0.684. The smallest absolute Gasteiger partial charge is 0.121 e. The standard InChI is InChI=1S/C19H25OP/c1-14(2)21(20,15(3)4)19-13-9-8-12-18(19)17-11-7-6-10-16(17)5/h6-15H,1-5H3. The van der Waals surface area contributed by atoms with Crippen LogP contribution in [0.2, 0.25) is 0 Å². The fourth-order valence-electron chi connectivity index (χ4n) is 3.03. The lowest BCUT2D eigenvalue weighted by molar-refractivity contribution is 0.569. The van der Waals surface area contributed by atoms with Gasteiger partial charge in [0.2, 0.25) is 0 Å². The third kappa shape index (κ3) is 2.85. The SMILES string of the molecule is Cc1ccccc1-c1ccccc1P(=O)(C(C)C)C(C)C. The fourth-order valence-corrected chi connectivity index (χ4v) is 6.23. The van der Waals surface area contributed by atoms with E-state index in [4.69, 9.17) is 0 Å². The molecule has 0 amide bonds. The van der Waals surface area contributed by atoms with Crippen LogP contribution in [-0.4, -0.2) is 11.3 Å². The Hall–Kier alpha value is -1.33. The molecule has 2 aromatic carbocycles. The Bertz CT molecular complexity index is 659. The van der Waals surface area contributed by atoms with E-state index in [1.807, 2.05) is 18.2 Å². The van der Waals surface area contributed by atoms with Crippen LogP contribution in [0.1, 0.15) is 33.3 Å². The van der Waals surface area contributed by atoms with Crippen LogP contribution in [0.3, 0.4) is 0 Å². The van der Waals surface area contributed by atoms with Gasteiger partial charge in [0, 0.05) is 16.6 Å². The Labute approximate surface area is 128 Å². The number of aryl methyl sites for hydroxylation is 1. The number of hydrogen-bond acceptors (Lipinski definition) is 1. The average Bonchev–Trinajstić information content (AvgIpc) is 2.46. The zero-order valence-corrected chi connectivity index (χ0v) is 14.5. The van der Waals surface area contributed by atoms with Crippen molar-refractivity contribution >= 4 is 12.4 Å². The van der Waals surface area contributed by atoms with Gasteiger partial charge in [-0.25, -0.2) is 0 Å². The first-order chi connectivity index (χ1) is 9.89. The van der Waals surface area contributed by atoms with Gasteiger partial charge in [0.25, 0.3) is 0 Å². The molecule has 0 aliphatic rings. The Morgan fingerprint density at radius 2 is 1.24 bits per heavy atom. The summed E-state index contributed by atoms with van der Waals surface area (Å²) in [5, 5.41) is 1.03. The van der Waals surface area contributed by atoms with Gasteiger partial charge in [-0.1, -0.05) is 76.2 Å². The van der Waals surface area contributed by atoms with E-state index in [1.165, 1.54) is 11.1 Å². The molecule has 0 N–H and O–H groups in total. The van der Waals surface area contributed by atoms with Crippen molar-refractivity contribution < 1.29 is 4.57 Å². The highest BCUT2D eigenvalue weighted by Gasteiger charge is 2.34.